The zero-order valence-electron chi connectivity index (χ0n) is 15.4. The summed E-state index contributed by atoms with van der Waals surface area (Å²) in [6.45, 7) is 2.34. The van der Waals surface area contributed by atoms with E-state index in [9.17, 15) is 13.2 Å². The number of benzene rings is 2. The van der Waals surface area contributed by atoms with Crippen LogP contribution in [0.15, 0.2) is 58.8 Å². The zero-order valence-corrected chi connectivity index (χ0v) is 17.8. The Balaban J connectivity index is 1.64. The number of rotatable bonds is 8. The Morgan fingerprint density at radius 1 is 1.17 bits per heavy atom. The van der Waals surface area contributed by atoms with E-state index in [4.69, 9.17) is 16.3 Å². The van der Waals surface area contributed by atoms with Crippen molar-refractivity contribution in [2.24, 2.45) is 0 Å². The standard InChI is InChI=1S/C19H18ClN3O4S2/c1-2-27-17-6-4-3-5-16(17)22-18(24)11-14-12-28-19(21-14)23-29(25,26)15-9-7-13(20)8-10-15/h3-10,12H,2,11H2,1H3,(H,21,23)(H,22,24). The molecule has 0 fully saturated rings. The van der Waals surface area contributed by atoms with Crippen LogP contribution < -0.4 is 14.8 Å². The predicted molar refractivity (Wildman–Crippen MR) is 114 cm³/mol. The molecule has 0 aliphatic carbocycles. The van der Waals surface area contributed by atoms with Crippen molar-refractivity contribution in [2.45, 2.75) is 18.2 Å². The third-order valence-electron chi connectivity index (χ3n) is 3.70. The maximum Gasteiger partial charge on any atom is 0.263 e. The Morgan fingerprint density at radius 3 is 2.62 bits per heavy atom. The van der Waals surface area contributed by atoms with Gasteiger partial charge in [-0.05, 0) is 43.3 Å². The van der Waals surface area contributed by atoms with Gasteiger partial charge < -0.3 is 10.1 Å². The molecule has 0 aliphatic rings. The third kappa shape index (κ3) is 5.69. The Labute approximate surface area is 177 Å². The Hall–Kier alpha value is -2.62. The molecule has 29 heavy (non-hydrogen) atoms. The molecule has 10 heteroatoms. The minimum Gasteiger partial charge on any atom is -0.492 e. The fourth-order valence-corrected chi connectivity index (χ4v) is 4.52. The van der Waals surface area contributed by atoms with Crippen LogP contribution in [0.2, 0.25) is 5.02 Å². The molecule has 0 saturated heterocycles. The van der Waals surface area contributed by atoms with Gasteiger partial charge in [-0.25, -0.2) is 13.4 Å². The van der Waals surface area contributed by atoms with Gasteiger partial charge in [0.15, 0.2) is 5.13 Å². The lowest BCUT2D eigenvalue weighted by Crippen LogP contribution is -2.16. The van der Waals surface area contributed by atoms with Crippen LogP contribution in [0, 0.1) is 0 Å². The molecule has 2 N–H and O–H groups in total. The predicted octanol–water partition coefficient (Wildman–Crippen LogP) is 4.18. The molecule has 0 spiro atoms. The monoisotopic (exact) mass is 451 g/mol. The number of ether oxygens (including phenoxy) is 1. The van der Waals surface area contributed by atoms with Crippen LogP contribution in [0.3, 0.4) is 0 Å². The molecule has 3 aromatic rings. The highest BCUT2D eigenvalue weighted by Gasteiger charge is 2.17. The molecule has 0 saturated carbocycles. The summed E-state index contributed by atoms with van der Waals surface area (Å²) >= 11 is 6.89. The molecule has 7 nitrogen and oxygen atoms in total. The van der Waals surface area contributed by atoms with E-state index in [0.717, 1.165) is 11.3 Å². The van der Waals surface area contributed by atoms with E-state index in [1.54, 1.807) is 23.6 Å². The number of carbonyl (C=O) groups excluding carboxylic acids is 1. The second-order valence-corrected chi connectivity index (χ2v) is 8.83. The highest BCUT2D eigenvalue weighted by molar-refractivity contribution is 7.93. The summed E-state index contributed by atoms with van der Waals surface area (Å²) < 4.78 is 32.7. The lowest BCUT2D eigenvalue weighted by atomic mass is 10.2. The second kappa shape index (κ2) is 9.25. The van der Waals surface area contributed by atoms with Gasteiger partial charge in [-0.3, -0.25) is 9.52 Å². The van der Waals surface area contributed by atoms with E-state index >= 15 is 0 Å². The number of halogens is 1. The van der Waals surface area contributed by atoms with Gasteiger partial charge in [-0.15, -0.1) is 11.3 Å². The molecular formula is C19H18ClN3O4S2. The first kappa shape index (κ1) is 21.1. The number of nitrogens with zero attached hydrogens (tertiary/aromatic N) is 1. The molecule has 152 valence electrons. The number of carbonyl (C=O) groups is 1. The van der Waals surface area contributed by atoms with Crippen LogP contribution in [0.1, 0.15) is 12.6 Å². The highest BCUT2D eigenvalue weighted by Crippen LogP contribution is 2.25. The molecule has 1 aromatic heterocycles. The van der Waals surface area contributed by atoms with Crippen LogP contribution >= 0.6 is 22.9 Å². The molecule has 1 heterocycles. The average molecular weight is 452 g/mol. The van der Waals surface area contributed by atoms with E-state index in [-0.39, 0.29) is 22.4 Å². The summed E-state index contributed by atoms with van der Waals surface area (Å²) in [5, 5.41) is 5.03. The van der Waals surface area contributed by atoms with Gasteiger partial charge in [0.2, 0.25) is 5.91 Å². The van der Waals surface area contributed by atoms with Gasteiger partial charge in [0, 0.05) is 10.4 Å². The largest absolute Gasteiger partial charge is 0.492 e. The molecule has 0 radical (unpaired) electrons. The van der Waals surface area contributed by atoms with Gasteiger partial charge >= 0.3 is 0 Å². The maximum absolute atomic E-state index is 12.4. The molecular weight excluding hydrogens is 434 g/mol. The van der Waals surface area contributed by atoms with Crippen molar-refractivity contribution >= 4 is 49.7 Å². The summed E-state index contributed by atoms with van der Waals surface area (Å²) in [5.74, 6) is 0.299. The number of aromatic nitrogens is 1. The molecule has 0 atom stereocenters. The average Bonchev–Trinajstić information content (AvgIpc) is 3.09. The quantitative estimate of drug-likeness (QED) is 0.535. The van der Waals surface area contributed by atoms with Crippen LogP contribution in [-0.2, 0) is 21.2 Å². The Bertz CT molecular complexity index is 1100. The first-order chi connectivity index (χ1) is 13.9. The maximum atomic E-state index is 12.4. The molecule has 0 aliphatic heterocycles. The SMILES string of the molecule is CCOc1ccccc1NC(=O)Cc1csc(NS(=O)(=O)c2ccc(Cl)cc2)n1. The Kier molecular flexibility index (Phi) is 6.73. The number of hydrogen-bond donors (Lipinski definition) is 2. The highest BCUT2D eigenvalue weighted by atomic mass is 35.5. The van der Waals surface area contributed by atoms with E-state index in [2.05, 4.69) is 15.0 Å². The summed E-state index contributed by atoms with van der Waals surface area (Å²) in [4.78, 5) is 16.6. The van der Waals surface area contributed by atoms with E-state index < -0.39 is 10.0 Å². The van der Waals surface area contributed by atoms with Gasteiger partial charge in [0.05, 0.1) is 29.3 Å². The summed E-state index contributed by atoms with van der Waals surface area (Å²) in [7, 11) is -3.78. The summed E-state index contributed by atoms with van der Waals surface area (Å²) in [6, 6.07) is 12.9. The number of amides is 1. The van der Waals surface area contributed by atoms with Crippen molar-refractivity contribution in [3.63, 3.8) is 0 Å². The summed E-state index contributed by atoms with van der Waals surface area (Å²) in [5.41, 5.74) is 1.02. The third-order valence-corrected chi connectivity index (χ3v) is 6.24. The van der Waals surface area contributed by atoms with E-state index in [1.807, 2.05) is 13.0 Å². The van der Waals surface area contributed by atoms with Crippen LogP contribution in [0.25, 0.3) is 0 Å². The molecule has 0 unspecified atom stereocenters. The number of nitrogens with one attached hydrogen (secondary N) is 2. The normalized spacial score (nSPS) is 11.1. The Morgan fingerprint density at radius 2 is 1.90 bits per heavy atom. The fraction of sp³-hybridized carbons (Fsp3) is 0.158. The fourth-order valence-electron chi connectivity index (χ4n) is 2.43. The number of hydrogen-bond acceptors (Lipinski definition) is 6. The first-order valence-corrected chi connectivity index (χ1v) is 11.4. The van der Waals surface area contributed by atoms with Crippen molar-refractivity contribution in [3.8, 4) is 5.75 Å². The van der Waals surface area contributed by atoms with Crippen LogP contribution in [0.5, 0.6) is 5.75 Å². The first-order valence-electron chi connectivity index (χ1n) is 8.62. The zero-order chi connectivity index (χ0) is 20.9. The minimum absolute atomic E-state index is 0.000365. The van der Waals surface area contributed by atoms with Crippen molar-refractivity contribution in [1.29, 1.82) is 0 Å². The van der Waals surface area contributed by atoms with E-state index in [0.29, 0.717) is 28.8 Å². The molecule has 0 bridgehead atoms. The summed E-state index contributed by atoms with van der Waals surface area (Å²) in [6.07, 6.45) is -0.000365. The smallest absolute Gasteiger partial charge is 0.263 e. The number of thiazole rings is 1. The molecule has 1 amide bonds. The van der Waals surface area contributed by atoms with Gasteiger partial charge in [-0.1, -0.05) is 23.7 Å². The van der Waals surface area contributed by atoms with Crippen molar-refractivity contribution in [2.75, 3.05) is 16.6 Å². The second-order valence-electron chi connectivity index (χ2n) is 5.86. The lowest BCUT2D eigenvalue weighted by molar-refractivity contribution is -0.115. The van der Waals surface area contributed by atoms with Crippen molar-refractivity contribution in [1.82, 2.24) is 4.98 Å². The molecule has 3 rings (SSSR count). The van der Waals surface area contributed by atoms with Crippen LogP contribution in [-0.4, -0.2) is 25.9 Å². The molecule has 2 aromatic carbocycles. The lowest BCUT2D eigenvalue weighted by Gasteiger charge is -2.10. The number of anilines is 2. The van der Waals surface area contributed by atoms with Crippen molar-refractivity contribution < 1.29 is 17.9 Å². The van der Waals surface area contributed by atoms with Gasteiger partial charge in [0.25, 0.3) is 10.0 Å². The van der Waals surface area contributed by atoms with Gasteiger partial charge in [0.1, 0.15) is 5.75 Å². The van der Waals surface area contributed by atoms with Gasteiger partial charge in [-0.2, -0.15) is 0 Å². The van der Waals surface area contributed by atoms with E-state index in [1.165, 1.54) is 24.3 Å². The van der Waals surface area contributed by atoms with Crippen molar-refractivity contribution in [3.05, 3.63) is 64.6 Å². The minimum atomic E-state index is -3.78. The number of sulfonamides is 1. The topological polar surface area (TPSA) is 97.4 Å². The number of para-hydroxylation sites is 2. The van der Waals surface area contributed by atoms with Crippen LogP contribution in [0.4, 0.5) is 10.8 Å².